The number of carbonyl (C=O) groups excluding carboxylic acids is 1. The maximum Gasteiger partial charge on any atom is 0.331 e. The number of esters is 1. The molecule has 0 radical (unpaired) electrons. The van der Waals surface area contributed by atoms with Crippen molar-refractivity contribution in [2.24, 2.45) is 0 Å². The summed E-state index contributed by atoms with van der Waals surface area (Å²) in [6.45, 7) is 1.73. The van der Waals surface area contributed by atoms with Gasteiger partial charge in [0.1, 0.15) is 6.10 Å². The molecule has 1 aromatic carbocycles. The smallest absolute Gasteiger partial charge is 0.331 e. The molecule has 0 saturated heterocycles. The zero-order chi connectivity index (χ0) is 13.5. The van der Waals surface area contributed by atoms with Gasteiger partial charge < -0.3 is 9.84 Å². The molecule has 0 unspecified atom stereocenters. The Bertz CT molecular complexity index is 468. The van der Waals surface area contributed by atoms with E-state index in [9.17, 15) is 9.59 Å². The molecule has 0 amide bonds. The zero-order valence-corrected chi connectivity index (χ0v) is 10.6. The van der Waals surface area contributed by atoms with E-state index in [0.29, 0.717) is 11.4 Å². The van der Waals surface area contributed by atoms with Gasteiger partial charge in [0.15, 0.2) is 0 Å². The van der Waals surface area contributed by atoms with Crippen LogP contribution in [-0.4, -0.2) is 23.1 Å². The van der Waals surface area contributed by atoms with Crippen molar-refractivity contribution in [2.75, 3.05) is 0 Å². The van der Waals surface area contributed by atoms with Gasteiger partial charge in [-0.15, -0.1) is 0 Å². The molecule has 5 heteroatoms. The molecule has 0 aliphatic rings. The second kappa shape index (κ2) is 6.81. The fraction of sp³-hybridized carbons (Fsp3) is 0.231. The third kappa shape index (κ3) is 5.50. The molecule has 0 saturated carbocycles. The third-order valence-corrected chi connectivity index (χ3v) is 2.33. The number of rotatable bonds is 5. The maximum atomic E-state index is 11.2. The minimum atomic E-state index is -1.19. The predicted molar refractivity (Wildman–Crippen MR) is 67.5 cm³/mol. The fourth-order valence-electron chi connectivity index (χ4n) is 1.41. The SMILES string of the molecule is C[C@H](Cc1cccc(Cl)c1)OC(=O)/C=C\C(=O)O. The van der Waals surface area contributed by atoms with Gasteiger partial charge in [0.25, 0.3) is 0 Å². The summed E-state index contributed by atoms with van der Waals surface area (Å²) in [5, 5.41) is 8.98. The van der Waals surface area contributed by atoms with Crippen LogP contribution in [0.1, 0.15) is 12.5 Å². The molecule has 0 aliphatic carbocycles. The van der Waals surface area contributed by atoms with Gasteiger partial charge in [-0.2, -0.15) is 0 Å². The van der Waals surface area contributed by atoms with E-state index in [2.05, 4.69) is 0 Å². The van der Waals surface area contributed by atoms with Crippen LogP contribution in [0.3, 0.4) is 0 Å². The summed E-state index contributed by atoms with van der Waals surface area (Å²) in [6.07, 6.45) is 1.80. The number of ether oxygens (including phenoxy) is 1. The van der Waals surface area contributed by atoms with E-state index in [0.717, 1.165) is 17.7 Å². The Labute approximate surface area is 110 Å². The quantitative estimate of drug-likeness (QED) is 0.658. The lowest BCUT2D eigenvalue weighted by atomic mass is 10.1. The Morgan fingerprint density at radius 3 is 2.78 bits per heavy atom. The molecule has 0 spiro atoms. The van der Waals surface area contributed by atoms with Crippen LogP contribution < -0.4 is 0 Å². The minimum Gasteiger partial charge on any atom is -0.478 e. The van der Waals surface area contributed by atoms with Gasteiger partial charge in [-0.05, 0) is 24.6 Å². The normalized spacial score (nSPS) is 12.3. The number of hydrogen-bond acceptors (Lipinski definition) is 3. The van der Waals surface area contributed by atoms with Crippen LogP contribution in [-0.2, 0) is 20.7 Å². The van der Waals surface area contributed by atoms with Gasteiger partial charge in [-0.1, -0.05) is 23.7 Å². The molecule has 1 aromatic rings. The van der Waals surface area contributed by atoms with Crippen LogP contribution in [0.15, 0.2) is 36.4 Å². The van der Waals surface area contributed by atoms with Gasteiger partial charge in [-0.3, -0.25) is 0 Å². The largest absolute Gasteiger partial charge is 0.478 e. The van der Waals surface area contributed by atoms with Crippen LogP contribution >= 0.6 is 11.6 Å². The van der Waals surface area contributed by atoms with E-state index in [-0.39, 0.29) is 6.10 Å². The summed E-state index contributed by atoms with van der Waals surface area (Å²) in [7, 11) is 0. The van der Waals surface area contributed by atoms with Crippen LogP contribution in [0.4, 0.5) is 0 Å². The molecule has 0 aromatic heterocycles. The molecule has 1 N–H and O–H groups in total. The lowest BCUT2D eigenvalue weighted by Crippen LogP contribution is -2.16. The van der Waals surface area contributed by atoms with Crippen molar-refractivity contribution in [3.63, 3.8) is 0 Å². The van der Waals surface area contributed by atoms with Crippen LogP contribution in [0.2, 0.25) is 5.02 Å². The molecule has 1 atom stereocenters. The number of halogens is 1. The van der Waals surface area contributed by atoms with Crippen molar-refractivity contribution >= 4 is 23.5 Å². The first kappa shape index (κ1) is 14.3. The number of hydrogen-bond donors (Lipinski definition) is 1. The highest BCUT2D eigenvalue weighted by atomic mass is 35.5. The number of benzene rings is 1. The summed E-state index contributed by atoms with van der Waals surface area (Å²) >= 11 is 5.83. The van der Waals surface area contributed by atoms with Crippen LogP contribution in [0, 0.1) is 0 Å². The number of aliphatic carboxylic acids is 1. The maximum absolute atomic E-state index is 11.2. The van der Waals surface area contributed by atoms with Gasteiger partial charge in [0, 0.05) is 23.6 Å². The third-order valence-electron chi connectivity index (χ3n) is 2.09. The van der Waals surface area contributed by atoms with Crippen molar-refractivity contribution < 1.29 is 19.4 Å². The average Bonchev–Trinajstić information content (AvgIpc) is 2.26. The summed E-state index contributed by atoms with van der Waals surface area (Å²) < 4.78 is 5.01. The lowest BCUT2D eigenvalue weighted by molar-refractivity contribution is -0.142. The molecular formula is C13H13ClO4. The first-order chi connectivity index (χ1) is 8.47. The van der Waals surface area contributed by atoms with Crippen molar-refractivity contribution in [1.82, 2.24) is 0 Å². The number of carbonyl (C=O) groups is 2. The topological polar surface area (TPSA) is 63.6 Å². The predicted octanol–water partition coefficient (Wildman–Crippen LogP) is 2.46. The Kier molecular flexibility index (Phi) is 5.39. The Balaban J connectivity index is 2.49. The van der Waals surface area contributed by atoms with E-state index in [1.54, 1.807) is 19.1 Å². The Morgan fingerprint density at radius 1 is 1.44 bits per heavy atom. The fourth-order valence-corrected chi connectivity index (χ4v) is 1.63. The lowest BCUT2D eigenvalue weighted by Gasteiger charge is -2.11. The van der Waals surface area contributed by atoms with Crippen molar-refractivity contribution in [2.45, 2.75) is 19.4 Å². The average molecular weight is 269 g/mol. The van der Waals surface area contributed by atoms with E-state index in [1.807, 2.05) is 12.1 Å². The molecule has 4 nitrogen and oxygen atoms in total. The highest BCUT2D eigenvalue weighted by Crippen LogP contribution is 2.13. The second-order valence-electron chi connectivity index (χ2n) is 3.75. The van der Waals surface area contributed by atoms with E-state index in [1.165, 1.54) is 0 Å². The molecule has 18 heavy (non-hydrogen) atoms. The van der Waals surface area contributed by atoms with Crippen LogP contribution in [0.5, 0.6) is 0 Å². The van der Waals surface area contributed by atoms with Gasteiger partial charge >= 0.3 is 11.9 Å². The van der Waals surface area contributed by atoms with E-state index in [4.69, 9.17) is 21.4 Å². The molecule has 96 valence electrons. The molecular weight excluding hydrogens is 256 g/mol. The minimum absolute atomic E-state index is 0.352. The van der Waals surface area contributed by atoms with Gasteiger partial charge in [-0.25, -0.2) is 9.59 Å². The standard InChI is InChI=1S/C13H13ClO4/c1-9(18-13(17)6-5-12(15)16)7-10-3-2-4-11(14)8-10/h2-6,8-9H,7H2,1H3,(H,15,16)/b6-5-/t9-/m1/s1. The second-order valence-corrected chi connectivity index (χ2v) is 4.19. The van der Waals surface area contributed by atoms with Crippen molar-refractivity contribution in [1.29, 1.82) is 0 Å². The van der Waals surface area contributed by atoms with Gasteiger partial charge in [0.05, 0.1) is 0 Å². The molecule has 0 bridgehead atoms. The molecule has 1 rings (SSSR count). The van der Waals surface area contributed by atoms with E-state index < -0.39 is 11.9 Å². The number of carboxylic acids is 1. The Morgan fingerprint density at radius 2 is 2.17 bits per heavy atom. The Hall–Kier alpha value is -1.81. The molecule has 0 fully saturated rings. The molecule has 0 heterocycles. The summed E-state index contributed by atoms with van der Waals surface area (Å²) in [5.41, 5.74) is 0.949. The highest BCUT2D eigenvalue weighted by molar-refractivity contribution is 6.30. The van der Waals surface area contributed by atoms with Gasteiger partial charge in [0.2, 0.25) is 0 Å². The zero-order valence-electron chi connectivity index (χ0n) is 9.80. The molecule has 0 aliphatic heterocycles. The number of carboxylic acid groups (broad SMARTS) is 1. The first-order valence-corrected chi connectivity index (χ1v) is 5.71. The monoisotopic (exact) mass is 268 g/mol. The van der Waals surface area contributed by atoms with E-state index >= 15 is 0 Å². The van der Waals surface area contributed by atoms with Crippen molar-refractivity contribution in [3.8, 4) is 0 Å². The summed E-state index contributed by atoms with van der Waals surface area (Å²) in [4.78, 5) is 21.4. The summed E-state index contributed by atoms with van der Waals surface area (Å²) in [5.74, 6) is -1.86. The summed E-state index contributed by atoms with van der Waals surface area (Å²) in [6, 6.07) is 7.25. The first-order valence-electron chi connectivity index (χ1n) is 5.33. The van der Waals surface area contributed by atoms with Crippen LogP contribution in [0.25, 0.3) is 0 Å². The van der Waals surface area contributed by atoms with Crippen molar-refractivity contribution in [3.05, 3.63) is 47.0 Å². The highest BCUT2D eigenvalue weighted by Gasteiger charge is 2.08.